The molecule has 0 amide bonds. The normalized spacial score (nSPS) is 11.7. The van der Waals surface area contributed by atoms with Crippen molar-refractivity contribution in [1.82, 2.24) is 10.4 Å². The maximum absolute atomic E-state index is 9.41. The summed E-state index contributed by atoms with van der Waals surface area (Å²) in [6.07, 6.45) is 1.45. The molecule has 2 aromatic rings. The zero-order valence-electron chi connectivity index (χ0n) is 13.0. The zero-order chi connectivity index (χ0) is 17.7. The molecule has 0 unspecified atom stereocenters. The number of benzene rings is 1. The molecule has 0 aliphatic carbocycles. The van der Waals surface area contributed by atoms with Gasteiger partial charge in [0, 0.05) is 11.6 Å². The lowest BCUT2D eigenvalue weighted by Gasteiger charge is -1.99. The van der Waals surface area contributed by atoms with Crippen molar-refractivity contribution in [1.29, 1.82) is 5.41 Å². The van der Waals surface area contributed by atoms with E-state index in [0.29, 0.717) is 16.4 Å². The van der Waals surface area contributed by atoms with Gasteiger partial charge in [0.15, 0.2) is 0 Å². The molecule has 1 heterocycles. The van der Waals surface area contributed by atoms with Crippen molar-refractivity contribution in [2.75, 3.05) is 5.43 Å². The molecule has 24 heavy (non-hydrogen) atoms. The van der Waals surface area contributed by atoms with E-state index >= 15 is 0 Å². The van der Waals surface area contributed by atoms with Gasteiger partial charge in [0.1, 0.15) is 11.5 Å². The van der Waals surface area contributed by atoms with Crippen LogP contribution in [0.3, 0.4) is 0 Å². The Morgan fingerprint density at radius 2 is 2.00 bits per heavy atom. The SMILES string of the molecule is CC(=NNC(=N)N)c1sc(NN=Cc2cc(O)cc(O)c2)nc1C. The predicted molar refractivity (Wildman–Crippen MR) is 95.1 cm³/mol. The van der Waals surface area contributed by atoms with Gasteiger partial charge in [-0.05, 0) is 26.0 Å². The molecule has 9 nitrogen and oxygen atoms in total. The number of guanidine groups is 1. The minimum Gasteiger partial charge on any atom is -0.508 e. The molecule has 1 aromatic heterocycles. The molecular formula is C14H17N7O2S. The minimum absolute atomic E-state index is 0.0476. The Bertz CT molecular complexity index is 793. The molecule has 0 bridgehead atoms. The lowest BCUT2D eigenvalue weighted by molar-refractivity contribution is 0.450. The molecule has 1 aromatic carbocycles. The van der Waals surface area contributed by atoms with E-state index in [4.69, 9.17) is 11.1 Å². The number of hydrogen-bond acceptors (Lipinski definition) is 8. The van der Waals surface area contributed by atoms with E-state index in [-0.39, 0.29) is 17.5 Å². The molecule has 10 heteroatoms. The van der Waals surface area contributed by atoms with Gasteiger partial charge >= 0.3 is 0 Å². The Morgan fingerprint density at radius 1 is 1.33 bits per heavy atom. The number of aromatic nitrogens is 1. The first kappa shape index (κ1) is 17.2. The number of phenols is 2. The van der Waals surface area contributed by atoms with Crippen molar-refractivity contribution in [3.8, 4) is 11.5 Å². The maximum Gasteiger partial charge on any atom is 0.206 e. The number of hydrogen-bond donors (Lipinski definition) is 6. The second-order valence-electron chi connectivity index (χ2n) is 4.81. The third-order valence-corrected chi connectivity index (χ3v) is 3.94. The summed E-state index contributed by atoms with van der Waals surface area (Å²) < 4.78 is 0. The Morgan fingerprint density at radius 3 is 2.62 bits per heavy atom. The van der Waals surface area contributed by atoms with Crippen LogP contribution in [0.1, 0.15) is 23.1 Å². The van der Waals surface area contributed by atoms with Gasteiger partial charge in [-0.1, -0.05) is 11.3 Å². The second-order valence-corrected chi connectivity index (χ2v) is 5.81. The van der Waals surface area contributed by atoms with Crippen molar-refractivity contribution < 1.29 is 10.2 Å². The number of rotatable bonds is 5. The van der Waals surface area contributed by atoms with Crippen LogP contribution < -0.4 is 16.6 Å². The van der Waals surface area contributed by atoms with E-state index in [1.165, 1.54) is 35.8 Å². The molecule has 0 atom stereocenters. The van der Waals surface area contributed by atoms with Gasteiger partial charge in [0.05, 0.1) is 22.5 Å². The topological polar surface area (TPSA) is 152 Å². The van der Waals surface area contributed by atoms with E-state index in [9.17, 15) is 10.2 Å². The average molecular weight is 347 g/mol. The van der Waals surface area contributed by atoms with Crippen molar-refractivity contribution in [2.45, 2.75) is 13.8 Å². The molecule has 126 valence electrons. The van der Waals surface area contributed by atoms with Crippen LogP contribution in [-0.4, -0.2) is 33.1 Å². The summed E-state index contributed by atoms with van der Waals surface area (Å²) >= 11 is 1.34. The number of aryl methyl sites for hydroxylation is 1. The van der Waals surface area contributed by atoms with Crippen molar-refractivity contribution in [2.24, 2.45) is 15.9 Å². The monoisotopic (exact) mass is 347 g/mol. The van der Waals surface area contributed by atoms with Crippen LogP contribution in [0.15, 0.2) is 28.4 Å². The van der Waals surface area contributed by atoms with Crippen LogP contribution >= 0.6 is 11.3 Å². The number of nitrogens with zero attached hydrogens (tertiary/aromatic N) is 3. The summed E-state index contributed by atoms with van der Waals surface area (Å²) in [6.45, 7) is 3.61. The van der Waals surface area contributed by atoms with Crippen molar-refractivity contribution in [3.05, 3.63) is 34.3 Å². The number of phenolic OH excluding ortho intramolecular Hbond substituents is 2. The van der Waals surface area contributed by atoms with Crippen LogP contribution in [-0.2, 0) is 0 Å². The van der Waals surface area contributed by atoms with Crippen LogP contribution in [0, 0.1) is 12.3 Å². The molecule has 0 saturated carbocycles. The lowest BCUT2D eigenvalue weighted by atomic mass is 10.2. The van der Waals surface area contributed by atoms with Crippen LogP contribution in [0.2, 0.25) is 0 Å². The van der Waals surface area contributed by atoms with Gasteiger partial charge in [-0.3, -0.25) is 10.8 Å². The molecule has 2 rings (SSSR count). The number of thiazole rings is 1. The maximum atomic E-state index is 9.41. The van der Waals surface area contributed by atoms with E-state index in [1.54, 1.807) is 6.92 Å². The number of nitrogens with two attached hydrogens (primary N) is 1. The van der Waals surface area contributed by atoms with E-state index in [1.807, 2.05) is 6.92 Å². The van der Waals surface area contributed by atoms with Gasteiger partial charge in [-0.2, -0.15) is 10.2 Å². The summed E-state index contributed by atoms with van der Waals surface area (Å²) in [5.74, 6) is -0.337. The first-order valence-electron chi connectivity index (χ1n) is 6.79. The fourth-order valence-corrected chi connectivity index (χ4v) is 2.69. The van der Waals surface area contributed by atoms with Crippen molar-refractivity contribution in [3.63, 3.8) is 0 Å². The Kier molecular flexibility index (Phi) is 5.32. The molecule has 7 N–H and O–H groups in total. The first-order valence-corrected chi connectivity index (χ1v) is 7.61. The van der Waals surface area contributed by atoms with Gasteiger partial charge in [-0.25, -0.2) is 10.4 Å². The highest BCUT2D eigenvalue weighted by Crippen LogP contribution is 2.23. The average Bonchev–Trinajstić information content (AvgIpc) is 2.85. The molecule has 0 saturated heterocycles. The quantitative estimate of drug-likeness (QED) is 0.274. The standard InChI is InChI=1S/C14H17N7O2S/c1-7-12(8(2)19-20-13(15)16)24-14(18-7)21-17-6-9-3-10(22)5-11(23)4-9/h3-6,22-23H,1-2H3,(H,18,21)(H4,15,16,20). The number of hydrazone groups is 2. The molecule has 0 fully saturated rings. The molecular weight excluding hydrogens is 330 g/mol. The van der Waals surface area contributed by atoms with Gasteiger partial charge in [0.2, 0.25) is 11.1 Å². The zero-order valence-corrected chi connectivity index (χ0v) is 13.8. The van der Waals surface area contributed by atoms with E-state index < -0.39 is 0 Å². The Hall–Kier alpha value is -3.14. The van der Waals surface area contributed by atoms with Crippen LogP contribution in [0.25, 0.3) is 0 Å². The first-order chi connectivity index (χ1) is 11.3. The number of aromatic hydroxyl groups is 2. The second kappa shape index (κ2) is 7.42. The van der Waals surface area contributed by atoms with E-state index in [2.05, 4.69) is 26.0 Å². The third-order valence-electron chi connectivity index (χ3n) is 2.77. The minimum atomic E-state index is -0.242. The van der Waals surface area contributed by atoms with Crippen LogP contribution in [0.4, 0.5) is 5.13 Å². The summed E-state index contributed by atoms with van der Waals surface area (Å²) in [4.78, 5) is 5.16. The number of anilines is 1. The van der Waals surface area contributed by atoms with Crippen LogP contribution in [0.5, 0.6) is 11.5 Å². The molecule has 0 radical (unpaired) electrons. The van der Waals surface area contributed by atoms with Gasteiger partial charge in [0.25, 0.3) is 0 Å². The predicted octanol–water partition coefficient (Wildman–Crippen LogP) is 1.52. The summed E-state index contributed by atoms with van der Waals surface area (Å²) in [7, 11) is 0. The summed E-state index contributed by atoms with van der Waals surface area (Å²) in [5, 5.41) is 34.5. The smallest absolute Gasteiger partial charge is 0.206 e. The van der Waals surface area contributed by atoms with E-state index in [0.717, 1.165) is 10.6 Å². The number of nitrogens with one attached hydrogen (secondary N) is 3. The summed E-state index contributed by atoms with van der Waals surface area (Å²) in [5.41, 5.74) is 12.3. The highest BCUT2D eigenvalue weighted by molar-refractivity contribution is 7.17. The van der Waals surface area contributed by atoms with Gasteiger partial charge in [-0.15, -0.1) is 0 Å². The van der Waals surface area contributed by atoms with Gasteiger partial charge < -0.3 is 15.9 Å². The summed E-state index contributed by atoms with van der Waals surface area (Å²) in [6, 6.07) is 4.17. The molecule has 0 spiro atoms. The van der Waals surface area contributed by atoms with Crippen molar-refractivity contribution >= 4 is 34.4 Å². The fraction of sp³-hybridized carbons (Fsp3) is 0.143. The Labute approximate surface area is 142 Å². The highest BCUT2D eigenvalue weighted by atomic mass is 32.1. The highest BCUT2D eigenvalue weighted by Gasteiger charge is 2.10. The Balaban J connectivity index is 2.08. The largest absolute Gasteiger partial charge is 0.508 e. The lowest BCUT2D eigenvalue weighted by Crippen LogP contribution is -2.26. The third kappa shape index (κ3) is 4.68. The molecule has 0 aliphatic rings. The molecule has 0 aliphatic heterocycles. The fourth-order valence-electron chi connectivity index (χ4n) is 1.83.